The quantitative estimate of drug-likeness (QED) is 0.200. The molecule has 1 atom stereocenters. The van der Waals surface area contributed by atoms with Gasteiger partial charge >= 0.3 is 6.18 Å². The molecule has 1 unspecified atom stereocenters. The maximum absolute atomic E-state index is 12.4. The predicted molar refractivity (Wildman–Crippen MR) is 129 cm³/mol. The fourth-order valence-corrected chi connectivity index (χ4v) is 3.69. The number of likely N-dealkylation sites (tertiary alicyclic amines) is 1. The number of benzene rings is 1. The van der Waals surface area contributed by atoms with Crippen molar-refractivity contribution in [2.45, 2.75) is 31.5 Å². The maximum atomic E-state index is 12.4. The first-order valence-electron chi connectivity index (χ1n) is 10.4. The lowest BCUT2D eigenvalue weighted by atomic mass is 10.1. The molecule has 1 aromatic rings. The van der Waals surface area contributed by atoms with Gasteiger partial charge in [0.15, 0.2) is 5.96 Å². The molecule has 0 aromatic heterocycles. The van der Waals surface area contributed by atoms with E-state index >= 15 is 0 Å². The minimum atomic E-state index is -4.16. The average Bonchev–Trinajstić information content (AvgIpc) is 3.23. The van der Waals surface area contributed by atoms with Crippen LogP contribution in [0, 0.1) is 0 Å². The molecule has 0 saturated carbocycles. The van der Waals surface area contributed by atoms with Gasteiger partial charge in [-0.2, -0.15) is 13.2 Å². The zero-order valence-electron chi connectivity index (χ0n) is 18.5. The number of halogens is 4. The van der Waals surface area contributed by atoms with Crippen molar-refractivity contribution >= 4 is 29.9 Å². The van der Waals surface area contributed by atoms with E-state index in [0.29, 0.717) is 32.0 Å². The molecule has 2 rings (SSSR count). The Kier molecular flexibility index (Phi) is 12.5. The van der Waals surface area contributed by atoms with Crippen molar-refractivity contribution in [1.29, 1.82) is 0 Å². The number of nitrogens with one attached hydrogen (secondary N) is 2. The first kappa shape index (κ1) is 27.8. The lowest BCUT2D eigenvalue weighted by molar-refractivity contribution is -0.143. The Balaban J connectivity index is 0.00000480. The molecular weight excluding hydrogens is 522 g/mol. The summed E-state index contributed by atoms with van der Waals surface area (Å²) in [7, 11) is 4.84. The molecule has 1 aliphatic rings. The van der Waals surface area contributed by atoms with Crippen LogP contribution >= 0.6 is 24.0 Å². The van der Waals surface area contributed by atoms with Gasteiger partial charge in [0.1, 0.15) is 5.75 Å². The van der Waals surface area contributed by atoms with Crippen LogP contribution in [0.15, 0.2) is 29.3 Å². The van der Waals surface area contributed by atoms with Gasteiger partial charge in [0.2, 0.25) is 0 Å². The standard InChI is InChI=1S/C21H34F3N5O.HI/c1-25-20(26-11-6-12-28(2)16-21(22,23)24)27-15-19(29-13-4-5-14-29)17-7-9-18(30-3)10-8-17;/h7-10,19H,4-6,11-16H2,1-3H3,(H2,25,26,27);1H. The Hall–Kier alpha value is -1.27. The van der Waals surface area contributed by atoms with E-state index in [1.54, 1.807) is 14.2 Å². The molecule has 0 bridgehead atoms. The van der Waals surface area contributed by atoms with E-state index in [1.807, 2.05) is 12.1 Å². The highest BCUT2D eigenvalue weighted by atomic mass is 127. The van der Waals surface area contributed by atoms with Crippen LogP contribution in [-0.4, -0.2) is 82.4 Å². The molecule has 10 heteroatoms. The number of guanidine groups is 1. The van der Waals surface area contributed by atoms with E-state index in [-0.39, 0.29) is 30.0 Å². The highest BCUT2D eigenvalue weighted by Crippen LogP contribution is 2.26. The second-order valence-corrected chi connectivity index (χ2v) is 7.62. The number of ether oxygens (including phenoxy) is 1. The molecule has 0 radical (unpaired) electrons. The van der Waals surface area contributed by atoms with Crippen molar-refractivity contribution in [3.63, 3.8) is 0 Å². The summed E-state index contributed by atoms with van der Waals surface area (Å²) in [5, 5.41) is 6.57. The minimum absolute atomic E-state index is 0. The molecule has 2 N–H and O–H groups in total. The molecule has 1 heterocycles. The summed E-state index contributed by atoms with van der Waals surface area (Å²) in [6.07, 6.45) is -1.16. The van der Waals surface area contributed by atoms with Crippen LogP contribution in [0.1, 0.15) is 30.9 Å². The third-order valence-corrected chi connectivity index (χ3v) is 5.23. The number of hydrogen-bond donors (Lipinski definition) is 2. The molecule has 6 nitrogen and oxygen atoms in total. The maximum Gasteiger partial charge on any atom is 0.401 e. The van der Waals surface area contributed by atoms with Crippen molar-refractivity contribution in [1.82, 2.24) is 20.4 Å². The normalized spacial score (nSPS) is 16.2. The van der Waals surface area contributed by atoms with E-state index in [9.17, 15) is 13.2 Å². The second-order valence-electron chi connectivity index (χ2n) is 7.62. The molecule has 1 aromatic carbocycles. The monoisotopic (exact) mass is 557 g/mol. The molecule has 1 fully saturated rings. The third kappa shape index (κ3) is 10.3. The number of aliphatic imine (C=N–C) groups is 1. The average molecular weight is 557 g/mol. The Morgan fingerprint density at radius 2 is 1.84 bits per heavy atom. The number of rotatable bonds is 10. The van der Waals surface area contributed by atoms with E-state index in [1.165, 1.54) is 30.4 Å². The van der Waals surface area contributed by atoms with Gasteiger partial charge in [-0.1, -0.05) is 12.1 Å². The van der Waals surface area contributed by atoms with Gasteiger partial charge < -0.3 is 15.4 Å². The summed E-state index contributed by atoms with van der Waals surface area (Å²) in [4.78, 5) is 8.00. The smallest absolute Gasteiger partial charge is 0.401 e. The Labute approximate surface area is 200 Å². The number of nitrogens with zero attached hydrogens (tertiary/aromatic N) is 3. The van der Waals surface area contributed by atoms with Crippen LogP contribution in [0.4, 0.5) is 13.2 Å². The van der Waals surface area contributed by atoms with E-state index in [0.717, 1.165) is 18.8 Å². The van der Waals surface area contributed by atoms with Crippen LogP contribution in [0.3, 0.4) is 0 Å². The largest absolute Gasteiger partial charge is 0.497 e. The Bertz CT molecular complexity index is 651. The fraction of sp³-hybridized carbons (Fsp3) is 0.667. The van der Waals surface area contributed by atoms with Gasteiger partial charge in [0, 0.05) is 20.1 Å². The number of hydrogen-bond acceptors (Lipinski definition) is 4. The summed E-state index contributed by atoms with van der Waals surface area (Å²) in [6, 6.07) is 8.35. The SMILES string of the molecule is CN=C(NCCCN(C)CC(F)(F)F)NCC(c1ccc(OC)cc1)N1CCCC1.I. The number of methoxy groups -OCH3 is 1. The van der Waals surface area contributed by atoms with Crippen LogP contribution in [0.2, 0.25) is 0 Å². The highest BCUT2D eigenvalue weighted by molar-refractivity contribution is 14.0. The summed E-state index contributed by atoms with van der Waals surface area (Å²) in [5.74, 6) is 1.49. The lowest BCUT2D eigenvalue weighted by Gasteiger charge is -2.29. The van der Waals surface area contributed by atoms with Crippen LogP contribution in [0.25, 0.3) is 0 Å². The summed E-state index contributed by atoms with van der Waals surface area (Å²) in [6.45, 7) is 2.86. The molecule has 0 aliphatic carbocycles. The first-order valence-corrected chi connectivity index (χ1v) is 10.4. The van der Waals surface area contributed by atoms with Gasteiger partial charge in [0.05, 0.1) is 19.7 Å². The van der Waals surface area contributed by atoms with Crippen molar-refractivity contribution in [3.8, 4) is 5.75 Å². The topological polar surface area (TPSA) is 52.1 Å². The zero-order valence-corrected chi connectivity index (χ0v) is 20.9. The van der Waals surface area contributed by atoms with Gasteiger partial charge in [0.25, 0.3) is 0 Å². The summed E-state index contributed by atoms with van der Waals surface area (Å²) < 4.78 is 42.4. The van der Waals surface area contributed by atoms with Gasteiger partial charge in [-0.25, -0.2) is 0 Å². The third-order valence-electron chi connectivity index (χ3n) is 5.23. The van der Waals surface area contributed by atoms with Crippen molar-refractivity contribution < 1.29 is 17.9 Å². The van der Waals surface area contributed by atoms with E-state index < -0.39 is 12.7 Å². The predicted octanol–water partition coefficient (Wildman–Crippen LogP) is 3.50. The van der Waals surface area contributed by atoms with Gasteiger partial charge in [-0.3, -0.25) is 14.8 Å². The number of alkyl halides is 3. The molecular formula is C21H35F3IN5O. The lowest BCUT2D eigenvalue weighted by Crippen LogP contribution is -2.43. The molecule has 1 saturated heterocycles. The van der Waals surface area contributed by atoms with Gasteiger partial charge in [-0.15, -0.1) is 24.0 Å². The molecule has 0 amide bonds. The molecule has 178 valence electrons. The zero-order chi connectivity index (χ0) is 22.0. The van der Waals surface area contributed by atoms with Crippen molar-refractivity contribution in [3.05, 3.63) is 29.8 Å². The van der Waals surface area contributed by atoms with Crippen LogP contribution < -0.4 is 15.4 Å². The Morgan fingerprint density at radius 3 is 2.39 bits per heavy atom. The Morgan fingerprint density at radius 1 is 1.19 bits per heavy atom. The van der Waals surface area contributed by atoms with E-state index in [2.05, 4.69) is 32.7 Å². The minimum Gasteiger partial charge on any atom is -0.497 e. The highest BCUT2D eigenvalue weighted by Gasteiger charge is 2.28. The van der Waals surface area contributed by atoms with Crippen molar-refractivity contribution in [2.24, 2.45) is 4.99 Å². The van der Waals surface area contributed by atoms with E-state index in [4.69, 9.17) is 4.74 Å². The molecule has 31 heavy (non-hydrogen) atoms. The second kappa shape index (κ2) is 14.0. The van der Waals surface area contributed by atoms with Crippen molar-refractivity contribution in [2.75, 3.05) is 60.5 Å². The summed E-state index contributed by atoms with van der Waals surface area (Å²) in [5.41, 5.74) is 1.22. The fourth-order valence-electron chi connectivity index (χ4n) is 3.69. The van der Waals surface area contributed by atoms with Crippen LogP contribution in [0.5, 0.6) is 5.75 Å². The summed E-state index contributed by atoms with van der Waals surface area (Å²) >= 11 is 0. The van der Waals surface area contributed by atoms with Crippen LogP contribution in [-0.2, 0) is 0 Å². The molecule has 1 aliphatic heterocycles. The molecule has 0 spiro atoms. The first-order chi connectivity index (χ1) is 14.3. The van der Waals surface area contributed by atoms with Gasteiger partial charge in [-0.05, 0) is 63.6 Å².